The molecular formula is C21H24N4O. The highest BCUT2D eigenvalue weighted by atomic mass is 16.5. The molecule has 1 heterocycles. The van der Waals surface area contributed by atoms with Crippen molar-refractivity contribution in [3.05, 3.63) is 65.9 Å². The molecule has 5 heteroatoms. The van der Waals surface area contributed by atoms with Gasteiger partial charge in [0.1, 0.15) is 11.6 Å². The molecular weight excluding hydrogens is 324 g/mol. The summed E-state index contributed by atoms with van der Waals surface area (Å²) in [5.41, 5.74) is 4.40. The number of ether oxygens (including phenoxy) is 1. The van der Waals surface area contributed by atoms with Crippen molar-refractivity contribution >= 4 is 23.1 Å². The minimum Gasteiger partial charge on any atom is -0.491 e. The molecule has 134 valence electrons. The van der Waals surface area contributed by atoms with E-state index in [9.17, 15) is 0 Å². The Bertz CT molecular complexity index is 875. The molecule has 0 atom stereocenters. The molecule has 3 rings (SSSR count). The third-order valence-electron chi connectivity index (χ3n) is 3.92. The fourth-order valence-corrected chi connectivity index (χ4v) is 2.47. The first-order chi connectivity index (χ1) is 12.5. The summed E-state index contributed by atoms with van der Waals surface area (Å²) in [5, 5.41) is 6.53. The number of aromatic nitrogens is 2. The maximum absolute atomic E-state index is 5.66. The summed E-state index contributed by atoms with van der Waals surface area (Å²) >= 11 is 0. The second-order valence-electron chi connectivity index (χ2n) is 6.51. The van der Waals surface area contributed by atoms with E-state index >= 15 is 0 Å². The van der Waals surface area contributed by atoms with E-state index in [1.165, 1.54) is 11.1 Å². The Labute approximate surface area is 154 Å². The van der Waals surface area contributed by atoms with Crippen molar-refractivity contribution in [3.63, 3.8) is 0 Å². The maximum Gasteiger partial charge on any atom is 0.229 e. The lowest BCUT2D eigenvalue weighted by Crippen LogP contribution is -2.05. The van der Waals surface area contributed by atoms with Crippen LogP contribution in [0, 0.1) is 13.8 Å². The van der Waals surface area contributed by atoms with Gasteiger partial charge in [-0.1, -0.05) is 6.07 Å². The van der Waals surface area contributed by atoms with E-state index in [1.807, 2.05) is 50.2 Å². The average molecular weight is 348 g/mol. The number of nitrogens with zero attached hydrogens (tertiary/aromatic N) is 2. The van der Waals surface area contributed by atoms with Crippen molar-refractivity contribution in [1.29, 1.82) is 0 Å². The van der Waals surface area contributed by atoms with Gasteiger partial charge in [-0.15, -0.1) is 0 Å². The minimum atomic E-state index is 0.162. The Kier molecular flexibility index (Phi) is 5.37. The first-order valence-electron chi connectivity index (χ1n) is 8.70. The maximum atomic E-state index is 5.66. The molecule has 0 aliphatic heterocycles. The molecule has 5 nitrogen and oxygen atoms in total. The van der Waals surface area contributed by atoms with Crippen LogP contribution in [-0.4, -0.2) is 16.1 Å². The van der Waals surface area contributed by atoms with Gasteiger partial charge in [0.25, 0.3) is 0 Å². The predicted molar refractivity (Wildman–Crippen MR) is 107 cm³/mol. The number of aryl methyl sites for hydroxylation is 2. The van der Waals surface area contributed by atoms with Crippen molar-refractivity contribution in [3.8, 4) is 5.75 Å². The highest BCUT2D eigenvalue weighted by Gasteiger charge is 2.03. The van der Waals surface area contributed by atoms with Crippen molar-refractivity contribution in [2.75, 3.05) is 10.6 Å². The van der Waals surface area contributed by atoms with Gasteiger partial charge in [-0.2, -0.15) is 4.98 Å². The van der Waals surface area contributed by atoms with Crippen molar-refractivity contribution in [2.24, 2.45) is 0 Å². The molecule has 0 aliphatic carbocycles. The van der Waals surface area contributed by atoms with E-state index in [4.69, 9.17) is 4.74 Å². The van der Waals surface area contributed by atoms with Crippen LogP contribution in [0.3, 0.4) is 0 Å². The van der Waals surface area contributed by atoms with Crippen LogP contribution in [0.4, 0.5) is 23.1 Å². The second-order valence-corrected chi connectivity index (χ2v) is 6.51. The van der Waals surface area contributed by atoms with Crippen LogP contribution in [0.25, 0.3) is 0 Å². The van der Waals surface area contributed by atoms with Gasteiger partial charge in [0.15, 0.2) is 0 Å². The Morgan fingerprint density at radius 1 is 0.846 bits per heavy atom. The summed E-state index contributed by atoms with van der Waals surface area (Å²) < 4.78 is 5.66. The number of benzene rings is 2. The molecule has 2 N–H and O–H groups in total. The number of anilines is 4. The van der Waals surface area contributed by atoms with Crippen LogP contribution < -0.4 is 15.4 Å². The van der Waals surface area contributed by atoms with E-state index in [1.54, 1.807) is 6.20 Å². The average Bonchev–Trinajstić information content (AvgIpc) is 2.60. The lowest BCUT2D eigenvalue weighted by molar-refractivity contribution is 0.242. The monoisotopic (exact) mass is 348 g/mol. The van der Waals surface area contributed by atoms with Gasteiger partial charge in [-0.3, -0.25) is 0 Å². The molecule has 0 saturated heterocycles. The fraction of sp³-hybridized carbons (Fsp3) is 0.238. The highest BCUT2D eigenvalue weighted by Crippen LogP contribution is 2.21. The largest absolute Gasteiger partial charge is 0.491 e. The van der Waals surface area contributed by atoms with Gasteiger partial charge in [0.05, 0.1) is 6.10 Å². The van der Waals surface area contributed by atoms with Crippen LogP contribution in [0.5, 0.6) is 5.75 Å². The van der Waals surface area contributed by atoms with Gasteiger partial charge in [0, 0.05) is 17.6 Å². The molecule has 0 bridgehead atoms. The topological polar surface area (TPSA) is 59.1 Å². The van der Waals surface area contributed by atoms with E-state index in [0.717, 1.165) is 22.9 Å². The van der Waals surface area contributed by atoms with Crippen molar-refractivity contribution in [1.82, 2.24) is 9.97 Å². The normalized spacial score (nSPS) is 10.7. The van der Waals surface area contributed by atoms with Crippen molar-refractivity contribution in [2.45, 2.75) is 33.8 Å². The molecule has 0 saturated carbocycles. The lowest BCUT2D eigenvalue weighted by Gasteiger charge is -2.11. The fourth-order valence-electron chi connectivity index (χ4n) is 2.47. The third kappa shape index (κ3) is 4.72. The SMILES string of the molecule is Cc1ccc(Nc2nccc(Nc3ccc(OC(C)C)cc3)n2)cc1C. The van der Waals surface area contributed by atoms with Crippen LogP contribution in [0.1, 0.15) is 25.0 Å². The second kappa shape index (κ2) is 7.87. The third-order valence-corrected chi connectivity index (χ3v) is 3.92. The summed E-state index contributed by atoms with van der Waals surface area (Å²) in [4.78, 5) is 8.81. The van der Waals surface area contributed by atoms with E-state index in [-0.39, 0.29) is 6.10 Å². The van der Waals surface area contributed by atoms with E-state index < -0.39 is 0 Å². The van der Waals surface area contributed by atoms with Crippen LogP contribution in [0.15, 0.2) is 54.7 Å². The summed E-state index contributed by atoms with van der Waals surface area (Å²) in [6.45, 7) is 8.21. The van der Waals surface area contributed by atoms with Crippen LogP contribution >= 0.6 is 0 Å². The van der Waals surface area contributed by atoms with Gasteiger partial charge in [-0.05, 0) is 81.3 Å². The summed E-state index contributed by atoms with van der Waals surface area (Å²) in [6.07, 6.45) is 1.89. The summed E-state index contributed by atoms with van der Waals surface area (Å²) in [7, 11) is 0. The number of rotatable bonds is 6. The van der Waals surface area contributed by atoms with Crippen molar-refractivity contribution < 1.29 is 4.74 Å². The molecule has 0 aliphatic rings. The molecule has 2 aromatic carbocycles. The quantitative estimate of drug-likeness (QED) is 0.627. The molecule has 0 spiro atoms. The zero-order chi connectivity index (χ0) is 18.5. The van der Waals surface area contributed by atoms with E-state index in [0.29, 0.717) is 5.95 Å². The molecule has 0 amide bonds. The smallest absolute Gasteiger partial charge is 0.229 e. The lowest BCUT2D eigenvalue weighted by atomic mass is 10.1. The Hall–Kier alpha value is -3.08. The Morgan fingerprint density at radius 2 is 1.58 bits per heavy atom. The molecule has 26 heavy (non-hydrogen) atoms. The van der Waals surface area contributed by atoms with Gasteiger partial charge in [0.2, 0.25) is 5.95 Å². The van der Waals surface area contributed by atoms with Gasteiger partial charge in [-0.25, -0.2) is 4.98 Å². The Morgan fingerprint density at radius 3 is 2.27 bits per heavy atom. The number of nitrogens with one attached hydrogen (secondary N) is 2. The summed E-state index contributed by atoms with van der Waals surface area (Å²) in [6, 6.07) is 15.9. The minimum absolute atomic E-state index is 0.162. The van der Waals surface area contributed by atoms with Crippen LogP contribution in [-0.2, 0) is 0 Å². The zero-order valence-corrected chi connectivity index (χ0v) is 15.6. The predicted octanol–water partition coefficient (Wildman–Crippen LogP) is 5.37. The zero-order valence-electron chi connectivity index (χ0n) is 15.6. The molecule has 0 unspecified atom stereocenters. The first kappa shape index (κ1) is 17.7. The van der Waals surface area contributed by atoms with Crippen LogP contribution in [0.2, 0.25) is 0 Å². The molecule has 1 aromatic heterocycles. The molecule has 0 fully saturated rings. The molecule has 3 aromatic rings. The molecule has 0 radical (unpaired) electrons. The highest BCUT2D eigenvalue weighted by molar-refractivity contribution is 5.60. The summed E-state index contributed by atoms with van der Waals surface area (Å²) in [5.74, 6) is 2.13. The standard InChI is InChI=1S/C21H24N4O/c1-14(2)26-19-9-7-17(8-10-19)23-20-11-12-22-21(25-20)24-18-6-5-15(3)16(4)13-18/h5-14H,1-4H3,(H2,22,23,24,25). The van der Waals surface area contributed by atoms with Gasteiger partial charge < -0.3 is 15.4 Å². The number of hydrogen-bond donors (Lipinski definition) is 2. The van der Waals surface area contributed by atoms with E-state index in [2.05, 4.69) is 46.6 Å². The Balaban J connectivity index is 1.69. The van der Waals surface area contributed by atoms with Gasteiger partial charge >= 0.3 is 0 Å². The first-order valence-corrected chi connectivity index (χ1v) is 8.70. The number of hydrogen-bond acceptors (Lipinski definition) is 5.